The first-order valence-corrected chi connectivity index (χ1v) is 11.1. The first kappa shape index (κ1) is 21.2. The van der Waals surface area contributed by atoms with Crippen molar-refractivity contribution in [2.24, 2.45) is 5.92 Å². The summed E-state index contributed by atoms with van der Waals surface area (Å²) in [4.78, 5) is 17.1. The lowest BCUT2D eigenvalue weighted by molar-refractivity contribution is -0.126. The van der Waals surface area contributed by atoms with Gasteiger partial charge < -0.3 is 15.1 Å². The number of aromatic nitrogens is 4. The highest BCUT2D eigenvalue weighted by Crippen LogP contribution is 2.25. The molecule has 1 fully saturated rings. The minimum atomic E-state index is -0.00543. The number of benzene rings is 1. The summed E-state index contributed by atoms with van der Waals surface area (Å²) in [5, 5.41) is 16.5. The molecule has 8 nitrogen and oxygen atoms in total. The Bertz CT molecular complexity index is 1040. The van der Waals surface area contributed by atoms with Crippen molar-refractivity contribution in [2.75, 3.05) is 37.6 Å². The van der Waals surface area contributed by atoms with E-state index in [1.54, 1.807) is 4.52 Å². The van der Waals surface area contributed by atoms with E-state index in [0.717, 1.165) is 36.8 Å². The average Bonchev–Trinajstić information content (AvgIpc) is 3.15. The molecule has 1 aliphatic heterocycles. The monoisotopic (exact) mass is 421 g/mol. The van der Waals surface area contributed by atoms with Crippen LogP contribution in [0.3, 0.4) is 0 Å². The van der Waals surface area contributed by atoms with Crippen molar-refractivity contribution in [1.82, 2.24) is 30.0 Å². The van der Waals surface area contributed by atoms with E-state index in [4.69, 9.17) is 5.10 Å². The quantitative estimate of drug-likeness (QED) is 0.602. The van der Waals surface area contributed by atoms with Crippen LogP contribution in [0.2, 0.25) is 0 Å². The van der Waals surface area contributed by atoms with E-state index in [1.807, 2.05) is 24.3 Å². The highest BCUT2D eigenvalue weighted by Gasteiger charge is 2.34. The van der Waals surface area contributed by atoms with E-state index >= 15 is 0 Å². The number of carbonyl (C=O) groups is 1. The molecule has 0 saturated carbocycles. The number of likely N-dealkylation sites (N-methyl/N-ethyl adjacent to an activating group) is 1. The van der Waals surface area contributed by atoms with Crippen LogP contribution in [0.4, 0.5) is 5.82 Å². The molecular formula is C23H31N7O. The summed E-state index contributed by atoms with van der Waals surface area (Å²) in [7, 11) is 0. The van der Waals surface area contributed by atoms with Gasteiger partial charge in [-0.2, -0.15) is 4.52 Å². The number of aryl methyl sites for hydroxylation is 1. The van der Waals surface area contributed by atoms with E-state index in [9.17, 15) is 4.79 Å². The van der Waals surface area contributed by atoms with Gasteiger partial charge in [0.1, 0.15) is 5.82 Å². The summed E-state index contributed by atoms with van der Waals surface area (Å²) < 4.78 is 1.78. The van der Waals surface area contributed by atoms with Crippen LogP contribution in [0.15, 0.2) is 36.4 Å². The van der Waals surface area contributed by atoms with Crippen molar-refractivity contribution in [1.29, 1.82) is 0 Å². The van der Waals surface area contributed by atoms with E-state index in [1.165, 1.54) is 5.56 Å². The predicted molar refractivity (Wildman–Crippen MR) is 122 cm³/mol. The van der Waals surface area contributed by atoms with Crippen LogP contribution in [0, 0.1) is 12.8 Å². The van der Waals surface area contributed by atoms with Crippen molar-refractivity contribution < 1.29 is 4.79 Å². The molecule has 0 aliphatic carbocycles. The van der Waals surface area contributed by atoms with Gasteiger partial charge in [-0.1, -0.05) is 43.7 Å². The number of carbonyl (C=O) groups excluding carboxylic acids is 1. The highest BCUT2D eigenvalue weighted by molar-refractivity contribution is 5.82. The summed E-state index contributed by atoms with van der Waals surface area (Å²) in [5.41, 5.74) is 2.88. The molecule has 1 amide bonds. The highest BCUT2D eigenvalue weighted by atomic mass is 16.2. The standard InChI is InChI=1S/C23H31N7O/c1-5-28(6-2)13-17(4)24-23(31)19-14-29(15-19)21-12-11-20-25-26-22(30(20)27-21)18-9-7-16(3)8-10-18/h7-12,17,19H,5-6,13-15H2,1-4H3,(H,24,31). The molecule has 1 saturated heterocycles. The summed E-state index contributed by atoms with van der Waals surface area (Å²) in [6, 6.07) is 12.2. The Labute approximate surface area is 183 Å². The Balaban J connectivity index is 1.40. The Kier molecular flexibility index (Phi) is 6.18. The van der Waals surface area contributed by atoms with Gasteiger partial charge in [-0.3, -0.25) is 4.79 Å². The van der Waals surface area contributed by atoms with Crippen molar-refractivity contribution in [2.45, 2.75) is 33.7 Å². The molecule has 164 valence electrons. The number of nitrogens with one attached hydrogen (secondary N) is 1. The Hall–Kier alpha value is -3.00. The zero-order chi connectivity index (χ0) is 22.0. The summed E-state index contributed by atoms with van der Waals surface area (Å²) in [5.74, 6) is 1.67. The number of anilines is 1. The van der Waals surface area contributed by atoms with E-state index in [-0.39, 0.29) is 17.9 Å². The molecule has 1 aromatic carbocycles. The minimum Gasteiger partial charge on any atom is -0.353 e. The van der Waals surface area contributed by atoms with Crippen molar-refractivity contribution in [3.05, 3.63) is 42.0 Å². The number of nitrogens with zero attached hydrogens (tertiary/aromatic N) is 6. The van der Waals surface area contributed by atoms with Crippen LogP contribution in [-0.2, 0) is 4.79 Å². The van der Waals surface area contributed by atoms with Crippen molar-refractivity contribution in [3.63, 3.8) is 0 Å². The van der Waals surface area contributed by atoms with Gasteiger partial charge >= 0.3 is 0 Å². The zero-order valence-electron chi connectivity index (χ0n) is 18.7. The molecule has 1 N–H and O–H groups in total. The first-order valence-electron chi connectivity index (χ1n) is 11.1. The second-order valence-corrected chi connectivity index (χ2v) is 8.35. The predicted octanol–water partition coefficient (Wildman–Crippen LogP) is 2.38. The normalized spacial score (nSPS) is 15.3. The van der Waals surface area contributed by atoms with E-state index < -0.39 is 0 Å². The third-order valence-electron chi connectivity index (χ3n) is 5.95. The molecule has 8 heteroatoms. The smallest absolute Gasteiger partial charge is 0.226 e. The molecule has 3 aromatic rings. The molecular weight excluding hydrogens is 390 g/mol. The number of rotatable bonds is 8. The summed E-state index contributed by atoms with van der Waals surface area (Å²) in [6.45, 7) is 12.6. The van der Waals surface area contributed by atoms with Crippen LogP contribution in [-0.4, -0.2) is 69.4 Å². The maximum Gasteiger partial charge on any atom is 0.226 e. The second-order valence-electron chi connectivity index (χ2n) is 8.35. The Morgan fingerprint density at radius 2 is 1.84 bits per heavy atom. The molecule has 0 spiro atoms. The fraction of sp³-hybridized carbons (Fsp3) is 0.478. The SMILES string of the molecule is CCN(CC)CC(C)NC(=O)C1CN(c2ccc3nnc(-c4ccc(C)cc4)n3n2)C1. The topological polar surface area (TPSA) is 78.7 Å². The van der Waals surface area contributed by atoms with Crippen LogP contribution < -0.4 is 10.2 Å². The Morgan fingerprint density at radius 1 is 1.13 bits per heavy atom. The zero-order valence-corrected chi connectivity index (χ0v) is 18.7. The Morgan fingerprint density at radius 3 is 2.52 bits per heavy atom. The second kappa shape index (κ2) is 9.01. The minimum absolute atomic E-state index is 0.00543. The van der Waals surface area contributed by atoms with Gasteiger partial charge in [-0.15, -0.1) is 15.3 Å². The number of fused-ring (bicyclic) bond motifs is 1. The molecule has 0 bridgehead atoms. The maximum atomic E-state index is 12.6. The van der Waals surface area contributed by atoms with Gasteiger partial charge in [-0.25, -0.2) is 0 Å². The van der Waals surface area contributed by atoms with Crippen molar-refractivity contribution >= 4 is 17.4 Å². The average molecular weight is 422 g/mol. The maximum absolute atomic E-state index is 12.6. The number of hydrogen-bond donors (Lipinski definition) is 1. The molecule has 1 atom stereocenters. The third-order valence-corrected chi connectivity index (χ3v) is 5.95. The summed E-state index contributed by atoms with van der Waals surface area (Å²) in [6.07, 6.45) is 0. The van der Waals surface area contributed by atoms with Crippen LogP contribution >= 0.6 is 0 Å². The van der Waals surface area contributed by atoms with Crippen molar-refractivity contribution in [3.8, 4) is 11.4 Å². The third kappa shape index (κ3) is 4.54. The van der Waals surface area contributed by atoms with E-state index in [2.05, 4.69) is 65.1 Å². The van der Waals surface area contributed by atoms with E-state index in [0.29, 0.717) is 18.7 Å². The van der Waals surface area contributed by atoms with Crippen LogP contribution in [0.5, 0.6) is 0 Å². The first-order chi connectivity index (χ1) is 15.0. The molecule has 2 aromatic heterocycles. The fourth-order valence-corrected chi connectivity index (χ4v) is 3.94. The lowest BCUT2D eigenvalue weighted by Gasteiger charge is -2.39. The van der Waals surface area contributed by atoms with Gasteiger partial charge in [0.15, 0.2) is 11.5 Å². The fourth-order valence-electron chi connectivity index (χ4n) is 3.94. The molecule has 4 rings (SSSR count). The summed E-state index contributed by atoms with van der Waals surface area (Å²) >= 11 is 0. The van der Waals surface area contributed by atoms with Crippen LogP contribution in [0.25, 0.3) is 17.0 Å². The largest absolute Gasteiger partial charge is 0.353 e. The lowest BCUT2D eigenvalue weighted by Crippen LogP contribution is -2.56. The van der Waals surface area contributed by atoms with Crippen LogP contribution in [0.1, 0.15) is 26.3 Å². The van der Waals surface area contributed by atoms with Gasteiger partial charge in [-0.05, 0) is 39.1 Å². The van der Waals surface area contributed by atoms with Gasteiger partial charge in [0.2, 0.25) is 5.91 Å². The molecule has 0 radical (unpaired) electrons. The number of hydrogen-bond acceptors (Lipinski definition) is 6. The molecule has 31 heavy (non-hydrogen) atoms. The molecule has 1 unspecified atom stereocenters. The molecule has 1 aliphatic rings. The lowest BCUT2D eigenvalue weighted by atomic mass is 9.99. The van der Waals surface area contributed by atoms with Gasteiger partial charge in [0.05, 0.1) is 5.92 Å². The molecule has 3 heterocycles. The number of amides is 1. The van der Waals surface area contributed by atoms with Gasteiger partial charge in [0, 0.05) is 31.2 Å². The van der Waals surface area contributed by atoms with Gasteiger partial charge in [0.25, 0.3) is 0 Å².